The van der Waals surface area contributed by atoms with Gasteiger partial charge in [-0.2, -0.15) is 0 Å². The van der Waals surface area contributed by atoms with Gasteiger partial charge in [0.25, 0.3) is 0 Å². The van der Waals surface area contributed by atoms with Crippen LogP contribution >= 0.6 is 27.7 Å². The Morgan fingerprint density at radius 2 is 1.73 bits per heavy atom. The molecule has 0 bridgehead atoms. The van der Waals surface area contributed by atoms with Crippen LogP contribution in [-0.4, -0.2) is 22.8 Å². The molecule has 0 aliphatic rings. The van der Waals surface area contributed by atoms with Gasteiger partial charge in [0, 0.05) is 10.2 Å². The predicted molar refractivity (Wildman–Crippen MR) is 112 cm³/mol. The second-order valence-electron chi connectivity index (χ2n) is 6.12. The van der Waals surface area contributed by atoms with Crippen LogP contribution < -0.4 is 10.6 Å². The summed E-state index contributed by atoms with van der Waals surface area (Å²) in [5.41, 5.74) is 2.93. The van der Waals surface area contributed by atoms with Gasteiger partial charge >= 0.3 is 0 Å². The van der Waals surface area contributed by atoms with Gasteiger partial charge in [-0.1, -0.05) is 51.8 Å². The van der Waals surface area contributed by atoms with Crippen molar-refractivity contribution < 1.29 is 9.59 Å². The zero-order valence-electron chi connectivity index (χ0n) is 15.1. The summed E-state index contributed by atoms with van der Waals surface area (Å²) >= 11 is 4.82. The average Bonchev–Trinajstić information content (AvgIpc) is 2.61. The molecule has 2 unspecified atom stereocenters. The second kappa shape index (κ2) is 9.78. The lowest BCUT2D eigenvalue weighted by Crippen LogP contribution is -2.34. The smallest absolute Gasteiger partial charge is 0.234 e. The topological polar surface area (TPSA) is 58.2 Å². The quantitative estimate of drug-likeness (QED) is 0.663. The number of hydrogen-bond donors (Lipinski definition) is 2. The van der Waals surface area contributed by atoms with Crippen molar-refractivity contribution in [3.8, 4) is 0 Å². The minimum absolute atomic E-state index is 0.0820. The molecule has 0 aliphatic carbocycles. The van der Waals surface area contributed by atoms with Crippen LogP contribution in [0.1, 0.15) is 31.0 Å². The maximum absolute atomic E-state index is 12.4. The van der Waals surface area contributed by atoms with Gasteiger partial charge in [0.2, 0.25) is 11.8 Å². The van der Waals surface area contributed by atoms with Crippen LogP contribution in [-0.2, 0) is 9.59 Å². The molecule has 0 aromatic heterocycles. The highest BCUT2D eigenvalue weighted by Crippen LogP contribution is 2.23. The van der Waals surface area contributed by atoms with Crippen molar-refractivity contribution in [1.82, 2.24) is 5.32 Å². The molecular formula is C20H23BrN2O2S. The third-order valence-electron chi connectivity index (χ3n) is 3.90. The molecule has 6 heteroatoms. The number of benzene rings is 2. The fourth-order valence-electron chi connectivity index (χ4n) is 2.35. The van der Waals surface area contributed by atoms with Crippen LogP contribution in [0, 0.1) is 6.92 Å². The van der Waals surface area contributed by atoms with Crippen LogP contribution in [0.5, 0.6) is 0 Å². The van der Waals surface area contributed by atoms with Crippen molar-refractivity contribution in [3.05, 3.63) is 64.1 Å². The van der Waals surface area contributed by atoms with Gasteiger partial charge in [0.05, 0.1) is 17.0 Å². The number of thioether (sulfide) groups is 1. The zero-order chi connectivity index (χ0) is 19.1. The summed E-state index contributed by atoms with van der Waals surface area (Å²) in [6, 6.07) is 15.3. The van der Waals surface area contributed by atoms with Crippen molar-refractivity contribution in [1.29, 1.82) is 0 Å². The third kappa shape index (κ3) is 6.18. The third-order valence-corrected chi connectivity index (χ3v) is 5.76. The Kier molecular flexibility index (Phi) is 7.72. The van der Waals surface area contributed by atoms with E-state index in [4.69, 9.17) is 0 Å². The number of anilines is 1. The van der Waals surface area contributed by atoms with E-state index < -0.39 is 0 Å². The molecule has 26 heavy (non-hydrogen) atoms. The lowest BCUT2D eigenvalue weighted by atomic mass is 10.1. The second-order valence-corrected chi connectivity index (χ2v) is 8.30. The van der Waals surface area contributed by atoms with Gasteiger partial charge in [-0.25, -0.2) is 0 Å². The molecule has 2 amide bonds. The number of carbonyl (C=O) groups is 2. The molecule has 2 rings (SSSR count). The Hall–Kier alpha value is -1.79. The summed E-state index contributed by atoms with van der Waals surface area (Å²) in [4.78, 5) is 24.4. The number of aryl methyl sites for hydroxylation is 1. The van der Waals surface area contributed by atoms with Crippen molar-refractivity contribution in [2.45, 2.75) is 32.1 Å². The molecule has 0 fully saturated rings. The summed E-state index contributed by atoms with van der Waals surface area (Å²) in [6.45, 7) is 5.75. The first-order valence-electron chi connectivity index (χ1n) is 8.39. The molecule has 0 heterocycles. The average molecular weight is 435 g/mol. The summed E-state index contributed by atoms with van der Waals surface area (Å²) in [6.07, 6.45) is 0. The molecule has 2 aromatic rings. The van der Waals surface area contributed by atoms with Crippen LogP contribution in [0.3, 0.4) is 0 Å². The number of halogens is 1. The molecule has 0 radical (unpaired) electrons. The largest absolute Gasteiger partial charge is 0.349 e. The highest BCUT2D eigenvalue weighted by atomic mass is 79.9. The maximum Gasteiger partial charge on any atom is 0.234 e. The van der Waals surface area contributed by atoms with Gasteiger partial charge in [-0.15, -0.1) is 11.8 Å². The molecule has 2 N–H and O–H groups in total. The van der Waals surface area contributed by atoms with Crippen LogP contribution in [0.15, 0.2) is 53.0 Å². The first kappa shape index (κ1) is 20.5. The molecule has 2 aromatic carbocycles. The first-order valence-corrected chi connectivity index (χ1v) is 10.2. The Morgan fingerprint density at radius 1 is 1.08 bits per heavy atom. The van der Waals surface area contributed by atoms with E-state index in [9.17, 15) is 9.59 Å². The lowest BCUT2D eigenvalue weighted by molar-refractivity contribution is -0.120. The van der Waals surface area contributed by atoms with Gasteiger partial charge in [0.1, 0.15) is 0 Å². The Balaban J connectivity index is 1.80. The molecule has 0 saturated carbocycles. The van der Waals surface area contributed by atoms with E-state index in [0.717, 1.165) is 21.3 Å². The van der Waals surface area contributed by atoms with E-state index in [0.29, 0.717) is 0 Å². The SMILES string of the molecule is Cc1ccc(NC(=O)CSC(C)C(=O)NC(C)c2ccccc2Br)cc1. The molecule has 0 aliphatic heterocycles. The van der Waals surface area contributed by atoms with Crippen molar-refractivity contribution >= 4 is 45.2 Å². The summed E-state index contributed by atoms with van der Waals surface area (Å²) in [7, 11) is 0. The van der Waals surface area contributed by atoms with E-state index in [1.165, 1.54) is 11.8 Å². The molecular weight excluding hydrogens is 412 g/mol. The lowest BCUT2D eigenvalue weighted by Gasteiger charge is -2.18. The molecule has 4 nitrogen and oxygen atoms in total. The Bertz CT molecular complexity index is 765. The maximum atomic E-state index is 12.4. The summed E-state index contributed by atoms with van der Waals surface area (Å²) in [5, 5.41) is 5.52. The van der Waals surface area contributed by atoms with E-state index in [2.05, 4.69) is 26.6 Å². The Labute approximate surface area is 167 Å². The van der Waals surface area contributed by atoms with Crippen LogP contribution in [0.4, 0.5) is 5.69 Å². The van der Waals surface area contributed by atoms with Crippen LogP contribution in [0.2, 0.25) is 0 Å². The van der Waals surface area contributed by atoms with Crippen molar-refractivity contribution in [2.24, 2.45) is 0 Å². The number of carbonyl (C=O) groups excluding carboxylic acids is 2. The zero-order valence-corrected chi connectivity index (χ0v) is 17.5. The predicted octanol–water partition coefficient (Wildman–Crippen LogP) is 4.70. The Morgan fingerprint density at radius 3 is 2.38 bits per heavy atom. The van der Waals surface area contributed by atoms with Gasteiger partial charge in [-0.05, 0) is 44.5 Å². The molecule has 138 valence electrons. The highest BCUT2D eigenvalue weighted by molar-refractivity contribution is 9.10. The number of hydrogen-bond acceptors (Lipinski definition) is 3. The van der Waals surface area contributed by atoms with Gasteiger partial charge < -0.3 is 10.6 Å². The van der Waals surface area contributed by atoms with E-state index in [1.54, 1.807) is 0 Å². The van der Waals surface area contributed by atoms with E-state index in [1.807, 2.05) is 69.3 Å². The van der Waals surface area contributed by atoms with Gasteiger partial charge in [-0.3, -0.25) is 9.59 Å². The minimum Gasteiger partial charge on any atom is -0.349 e. The fraction of sp³-hybridized carbons (Fsp3) is 0.300. The van der Waals surface area contributed by atoms with Crippen molar-refractivity contribution in [2.75, 3.05) is 11.1 Å². The van der Waals surface area contributed by atoms with E-state index >= 15 is 0 Å². The standard InChI is InChI=1S/C20H23BrN2O2S/c1-13-8-10-16(11-9-13)23-19(24)12-26-15(3)20(25)22-14(2)17-6-4-5-7-18(17)21/h4-11,14-15H,12H2,1-3H3,(H,22,25)(H,23,24). The summed E-state index contributed by atoms with van der Waals surface area (Å²) in [5.74, 6) is 0.0324. The minimum atomic E-state index is -0.316. The van der Waals surface area contributed by atoms with Crippen molar-refractivity contribution in [3.63, 3.8) is 0 Å². The highest BCUT2D eigenvalue weighted by Gasteiger charge is 2.18. The number of rotatable bonds is 7. The monoisotopic (exact) mass is 434 g/mol. The van der Waals surface area contributed by atoms with E-state index in [-0.39, 0.29) is 28.9 Å². The molecule has 0 spiro atoms. The number of amides is 2. The first-order chi connectivity index (χ1) is 12.4. The molecule has 0 saturated heterocycles. The molecule has 2 atom stereocenters. The van der Waals surface area contributed by atoms with Gasteiger partial charge in [0.15, 0.2) is 0 Å². The summed E-state index contributed by atoms with van der Waals surface area (Å²) < 4.78 is 0.964. The van der Waals surface area contributed by atoms with Crippen LogP contribution in [0.25, 0.3) is 0 Å². The normalized spacial score (nSPS) is 12.9. The number of nitrogens with one attached hydrogen (secondary N) is 2. The fourth-order valence-corrected chi connectivity index (χ4v) is 3.67.